The van der Waals surface area contributed by atoms with Crippen LogP contribution in [0, 0.1) is 6.92 Å². The summed E-state index contributed by atoms with van der Waals surface area (Å²) in [6.45, 7) is 2.77. The number of anilines is 1. The number of aromatic nitrogens is 2. The summed E-state index contributed by atoms with van der Waals surface area (Å²) in [6, 6.07) is 14.4. The fourth-order valence-electron chi connectivity index (χ4n) is 1.98. The Hall–Kier alpha value is -1.81. The van der Waals surface area contributed by atoms with Crippen molar-refractivity contribution in [3.8, 4) is 0 Å². The lowest BCUT2D eigenvalue weighted by Gasteiger charge is -2.04. The molecule has 2 aromatic carbocycles. The van der Waals surface area contributed by atoms with E-state index in [0.717, 1.165) is 27.0 Å². The van der Waals surface area contributed by atoms with E-state index in [4.69, 9.17) is 0 Å². The van der Waals surface area contributed by atoms with Gasteiger partial charge in [-0.25, -0.2) is 4.98 Å². The maximum atomic E-state index is 4.55. The average molecular weight is 316 g/mol. The number of imidazole rings is 1. The summed E-state index contributed by atoms with van der Waals surface area (Å²) in [5, 5.41) is 3.36. The van der Waals surface area contributed by atoms with Crippen molar-refractivity contribution < 1.29 is 0 Å². The molecular formula is C15H14BrN3. The van der Waals surface area contributed by atoms with Crippen LogP contribution >= 0.6 is 15.9 Å². The van der Waals surface area contributed by atoms with Crippen LogP contribution in [0.25, 0.3) is 11.0 Å². The zero-order chi connectivity index (χ0) is 13.2. The van der Waals surface area contributed by atoms with Gasteiger partial charge in [-0.1, -0.05) is 33.6 Å². The van der Waals surface area contributed by atoms with Gasteiger partial charge >= 0.3 is 0 Å². The van der Waals surface area contributed by atoms with Crippen molar-refractivity contribution in [1.29, 1.82) is 0 Å². The van der Waals surface area contributed by atoms with E-state index in [2.05, 4.69) is 62.4 Å². The summed E-state index contributed by atoms with van der Waals surface area (Å²) >= 11 is 3.46. The summed E-state index contributed by atoms with van der Waals surface area (Å²) in [5.41, 5.74) is 4.41. The van der Waals surface area contributed by atoms with Crippen LogP contribution < -0.4 is 5.32 Å². The van der Waals surface area contributed by atoms with Gasteiger partial charge in [0, 0.05) is 10.2 Å². The number of halogens is 1. The topological polar surface area (TPSA) is 40.7 Å². The quantitative estimate of drug-likeness (QED) is 0.758. The first-order valence-electron chi connectivity index (χ1n) is 6.15. The van der Waals surface area contributed by atoms with E-state index in [9.17, 15) is 0 Å². The van der Waals surface area contributed by atoms with Crippen molar-refractivity contribution in [2.75, 3.05) is 5.32 Å². The largest absolute Gasteiger partial charge is 0.378 e. The van der Waals surface area contributed by atoms with Crippen molar-refractivity contribution in [2.45, 2.75) is 13.5 Å². The highest BCUT2D eigenvalue weighted by Gasteiger charge is 2.02. The molecule has 0 unspecified atom stereocenters. The number of benzene rings is 2. The molecule has 19 heavy (non-hydrogen) atoms. The molecule has 1 aromatic heterocycles. The Morgan fingerprint density at radius 3 is 2.74 bits per heavy atom. The van der Waals surface area contributed by atoms with Gasteiger partial charge in [-0.05, 0) is 37.3 Å². The van der Waals surface area contributed by atoms with Crippen LogP contribution in [-0.4, -0.2) is 9.97 Å². The molecule has 0 saturated carbocycles. The molecule has 0 fully saturated rings. The molecule has 0 atom stereocenters. The second-order valence-corrected chi connectivity index (χ2v) is 5.48. The molecule has 0 saturated heterocycles. The second-order valence-electron chi connectivity index (χ2n) is 4.56. The van der Waals surface area contributed by atoms with Gasteiger partial charge in [0.15, 0.2) is 0 Å². The number of fused-ring (bicyclic) bond motifs is 1. The molecule has 2 N–H and O–H groups in total. The monoisotopic (exact) mass is 315 g/mol. The zero-order valence-corrected chi connectivity index (χ0v) is 12.2. The Labute approximate surface area is 120 Å². The van der Waals surface area contributed by atoms with Crippen molar-refractivity contribution in [3.63, 3.8) is 0 Å². The van der Waals surface area contributed by atoms with E-state index in [-0.39, 0.29) is 0 Å². The Bertz CT molecular complexity index is 701. The molecule has 1 heterocycles. The highest BCUT2D eigenvalue weighted by molar-refractivity contribution is 9.10. The summed E-state index contributed by atoms with van der Waals surface area (Å²) in [5.74, 6) is 0.939. The van der Waals surface area contributed by atoms with E-state index in [1.807, 2.05) is 18.2 Å². The van der Waals surface area contributed by atoms with E-state index in [0.29, 0.717) is 6.54 Å². The van der Waals surface area contributed by atoms with Crippen molar-refractivity contribution in [3.05, 3.63) is 58.3 Å². The first kappa shape index (κ1) is 12.2. The number of aryl methyl sites for hydroxylation is 1. The molecule has 96 valence electrons. The average Bonchev–Trinajstić information content (AvgIpc) is 2.80. The van der Waals surface area contributed by atoms with Crippen LogP contribution in [0.5, 0.6) is 0 Å². The fraction of sp³-hybridized carbons (Fsp3) is 0.133. The number of H-pyrrole nitrogens is 1. The first-order chi connectivity index (χ1) is 9.20. The summed E-state index contributed by atoms with van der Waals surface area (Å²) in [7, 11) is 0. The lowest BCUT2D eigenvalue weighted by molar-refractivity contribution is 1.01. The van der Waals surface area contributed by atoms with Crippen LogP contribution in [0.3, 0.4) is 0 Å². The standard InChI is InChI=1S/C15H14BrN3/c1-10-2-5-12(6-3-10)17-9-15-18-13-7-4-11(16)8-14(13)19-15/h2-8,17H,9H2,1H3,(H,18,19). The van der Waals surface area contributed by atoms with Crippen molar-refractivity contribution >= 4 is 32.7 Å². The van der Waals surface area contributed by atoms with Crippen LogP contribution in [0.15, 0.2) is 46.9 Å². The predicted octanol–water partition coefficient (Wildman–Crippen LogP) is 4.25. The molecule has 0 bridgehead atoms. The minimum atomic E-state index is 0.690. The minimum Gasteiger partial charge on any atom is -0.378 e. The van der Waals surface area contributed by atoms with E-state index in [1.165, 1.54) is 5.56 Å². The van der Waals surface area contributed by atoms with E-state index < -0.39 is 0 Å². The molecule has 0 aliphatic rings. The number of hydrogen-bond acceptors (Lipinski definition) is 2. The Morgan fingerprint density at radius 2 is 1.95 bits per heavy atom. The first-order valence-corrected chi connectivity index (χ1v) is 6.95. The highest BCUT2D eigenvalue weighted by atomic mass is 79.9. The number of aromatic amines is 1. The molecule has 3 nitrogen and oxygen atoms in total. The number of nitrogens with zero attached hydrogens (tertiary/aromatic N) is 1. The Balaban J connectivity index is 1.76. The van der Waals surface area contributed by atoms with Gasteiger partial charge in [-0.3, -0.25) is 0 Å². The zero-order valence-electron chi connectivity index (χ0n) is 10.6. The lowest BCUT2D eigenvalue weighted by Crippen LogP contribution is -2.00. The van der Waals surface area contributed by atoms with Gasteiger partial charge in [-0.2, -0.15) is 0 Å². The molecule has 0 amide bonds. The third-order valence-electron chi connectivity index (χ3n) is 3.00. The maximum absolute atomic E-state index is 4.55. The molecule has 3 aromatic rings. The van der Waals surface area contributed by atoms with Crippen molar-refractivity contribution in [2.24, 2.45) is 0 Å². The second kappa shape index (κ2) is 5.05. The lowest BCUT2D eigenvalue weighted by atomic mass is 10.2. The molecule has 3 rings (SSSR count). The molecule has 0 radical (unpaired) electrons. The molecule has 0 aliphatic carbocycles. The highest BCUT2D eigenvalue weighted by Crippen LogP contribution is 2.18. The summed E-state index contributed by atoms with van der Waals surface area (Å²) < 4.78 is 1.06. The van der Waals surface area contributed by atoms with Gasteiger partial charge in [-0.15, -0.1) is 0 Å². The minimum absolute atomic E-state index is 0.690. The van der Waals surface area contributed by atoms with Gasteiger partial charge in [0.25, 0.3) is 0 Å². The van der Waals surface area contributed by atoms with Gasteiger partial charge in [0.05, 0.1) is 17.6 Å². The van der Waals surface area contributed by atoms with Gasteiger partial charge in [0.2, 0.25) is 0 Å². The molecule has 4 heteroatoms. The van der Waals surface area contributed by atoms with E-state index in [1.54, 1.807) is 0 Å². The number of rotatable bonds is 3. The number of hydrogen-bond donors (Lipinski definition) is 2. The van der Waals surface area contributed by atoms with Crippen molar-refractivity contribution in [1.82, 2.24) is 9.97 Å². The Morgan fingerprint density at radius 1 is 1.16 bits per heavy atom. The smallest absolute Gasteiger partial charge is 0.126 e. The molecule has 0 aliphatic heterocycles. The number of nitrogens with one attached hydrogen (secondary N) is 2. The summed E-state index contributed by atoms with van der Waals surface area (Å²) in [6.07, 6.45) is 0. The van der Waals surface area contributed by atoms with E-state index >= 15 is 0 Å². The normalized spacial score (nSPS) is 10.8. The third kappa shape index (κ3) is 2.79. The van der Waals surface area contributed by atoms with Crippen LogP contribution in [0.4, 0.5) is 5.69 Å². The Kier molecular flexibility index (Phi) is 3.25. The fourth-order valence-corrected chi connectivity index (χ4v) is 2.34. The SMILES string of the molecule is Cc1ccc(NCc2nc3ccc(Br)cc3[nH]2)cc1. The van der Waals surface area contributed by atoms with Crippen LogP contribution in [0.1, 0.15) is 11.4 Å². The van der Waals surface area contributed by atoms with Gasteiger partial charge in [0.1, 0.15) is 5.82 Å². The van der Waals surface area contributed by atoms with Crippen LogP contribution in [0.2, 0.25) is 0 Å². The molecular weight excluding hydrogens is 302 g/mol. The third-order valence-corrected chi connectivity index (χ3v) is 3.50. The molecule has 0 spiro atoms. The van der Waals surface area contributed by atoms with Crippen LogP contribution in [-0.2, 0) is 6.54 Å². The van der Waals surface area contributed by atoms with Gasteiger partial charge < -0.3 is 10.3 Å². The maximum Gasteiger partial charge on any atom is 0.126 e. The summed E-state index contributed by atoms with van der Waals surface area (Å²) in [4.78, 5) is 7.86. The predicted molar refractivity (Wildman–Crippen MR) is 82.3 cm³/mol.